The maximum Gasteiger partial charge on any atom is 0.255 e. The van der Waals surface area contributed by atoms with Gasteiger partial charge in [0.05, 0.1) is 11.6 Å². The molecule has 2 aromatic carbocycles. The Labute approximate surface area is 166 Å². The van der Waals surface area contributed by atoms with Gasteiger partial charge in [-0.25, -0.2) is 0 Å². The second kappa shape index (κ2) is 6.48. The molecule has 2 aromatic rings. The summed E-state index contributed by atoms with van der Waals surface area (Å²) in [4.78, 5) is 12.6. The van der Waals surface area contributed by atoms with Gasteiger partial charge in [0.2, 0.25) is 0 Å². The van der Waals surface area contributed by atoms with Crippen LogP contribution in [0.2, 0.25) is 0 Å². The van der Waals surface area contributed by atoms with Crippen LogP contribution in [0.5, 0.6) is 0 Å². The summed E-state index contributed by atoms with van der Waals surface area (Å²) in [5.74, 6) is 2.62. The predicted octanol–water partition coefficient (Wildman–Crippen LogP) is 5.59. The number of benzene rings is 2. The zero-order chi connectivity index (χ0) is 19.3. The van der Waals surface area contributed by atoms with Crippen LogP contribution in [0.3, 0.4) is 0 Å². The third kappa shape index (κ3) is 2.92. The molecule has 0 atom stereocenters. The van der Waals surface area contributed by atoms with E-state index in [1.807, 2.05) is 0 Å². The van der Waals surface area contributed by atoms with Gasteiger partial charge in [0.15, 0.2) is 0 Å². The molecule has 0 aromatic heterocycles. The molecule has 28 heavy (non-hydrogen) atoms. The predicted molar refractivity (Wildman–Crippen MR) is 110 cm³/mol. The number of nitrogens with zero attached hydrogens (tertiary/aromatic N) is 1. The molecule has 142 valence electrons. The summed E-state index contributed by atoms with van der Waals surface area (Å²) < 4.78 is 0. The van der Waals surface area contributed by atoms with E-state index in [-0.39, 0.29) is 5.91 Å². The van der Waals surface area contributed by atoms with Crippen LogP contribution >= 0.6 is 0 Å². The van der Waals surface area contributed by atoms with E-state index in [9.17, 15) is 4.79 Å². The van der Waals surface area contributed by atoms with Crippen molar-refractivity contribution in [1.82, 2.24) is 0 Å². The summed E-state index contributed by atoms with van der Waals surface area (Å²) in [7, 11) is 0. The van der Waals surface area contributed by atoms with E-state index < -0.39 is 0 Å². The minimum Gasteiger partial charge on any atom is -0.322 e. The Bertz CT molecular complexity index is 949. The molecular weight excluding hydrogens is 344 g/mol. The van der Waals surface area contributed by atoms with Gasteiger partial charge in [0.1, 0.15) is 0 Å². The number of hydrogen-bond acceptors (Lipinski definition) is 2. The number of carbonyl (C=O) groups excluding carboxylic acids is 1. The quantitative estimate of drug-likeness (QED) is 0.766. The molecule has 3 nitrogen and oxygen atoms in total. The molecule has 4 aliphatic carbocycles. The molecule has 4 saturated carbocycles. The van der Waals surface area contributed by atoms with Crippen LogP contribution in [0.4, 0.5) is 5.69 Å². The number of aryl methyl sites for hydroxylation is 1. The number of anilines is 1. The Balaban J connectivity index is 1.38. The molecule has 4 aliphatic rings. The van der Waals surface area contributed by atoms with Crippen LogP contribution in [0.1, 0.15) is 65.6 Å². The Morgan fingerprint density at radius 1 is 1.04 bits per heavy atom. The van der Waals surface area contributed by atoms with Crippen LogP contribution in [0, 0.1) is 36.0 Å². The van der Waals surface area contributed by atoms with Gasteiger partial charge >= 0.3 is 0 Å². The maximum absolute atomic E-state index is 12.6. The van der Waals surface area contributed by atoms with Crippen LogP contribution in [-0.4, -0.2) is 5.91 Å². The molecular formula is C25H26N2O. The van der Waals surface area contributed by atoms with Gasteiger partial charge in [-0.05, 0) is 104 Å². The lowest BCUT2D eigenvalue weighted by Gasteiger charge is -2.57. The molecule has 1 N–H and O–H groups in total. The van der Waals surface area contributed by atoms with Crippen LogP contribution < -0.4 is 5.32 Å². The lowest BCUT2D eigenvalue weighted by molar-refractivity contribution is -0.00520. The lowest BCUT2D eigenvalue weighted by Crippen LogP contribution is -2.48. The largest absolute Gasteiger partial charge is 0.322 e. The van der Waals surface area contributed by atoms with Crippen LogP contribution in [-0.2, 0) is 5.41 Å². The summed E-state index contributed by atoms with van der Waals surface area (Å²) in [6, 6.07) is 15.6. The second-order valence-electron chi connectivity index (χ2n) is 9.37. The fourth-order valence-electron chi connectivity index (χ4n) is 6.52. The average molecular weight is 370 g/mol. The molecule has 4 bridgehead atoms. The van der Waals surface area contributed by atoms with Crippen molar-refractivity contribution in [3.63, 3.8) is 0 Å². The van der Waals surface area contributed by atoms with Crippen molar-refractivity contribution in [1.29, 1.82) is 5.26 Å². The minimum absolute atomic E-state index is 0.164. The van der Waals surface area contributed by atoms with Crippen molar-refractivity contribution in [2.24, 2.45) is 17.8 Å². The number of hydrogen-bond donors (Lipinski definition) is 1. The maximum atomic E-state index is 12.6. The Kier molecular flexibility index (Phi) is 4.05. The number of amides is 1. The van der Waals surface area contributed by atoms with E-state index in [1.54, 1.807) is 24.3 Å². The third-order valence-corrected chi connectivity index (χ3v) is 7.38. The molecule has 4 fully saturated rings. The summed E-state index contributed by atoms with van der Waals surface area (Å²) in [5.41, 5.74) is 4.86. The molecule has 0 heterocycles. The van der Waals surface area contributed by atoms with E-state index in [0.29, 0.717) is 16.5 Å². The standard InChI is InChI=1S/C25H26N2O/c1-16-7-22(25-12-18-8-19(13-25)10-20(9-18)14-25)5-6-23(16)27-24(28)21-4-2-3-17(11-21)15-26/h2-7,11,18-20H,8-10,12-14H2,1H3,(H,27,28). The molecule has 0 saturated heterocycles. The third-order valence-electron chi connectivity index (χ3n) is 7.38. The van der Waals surface area contributed by atoms with Gasteiger partial charge in [-0.1, -0.05) is 18.2 Å². The van der Waals surface area contributed by atoms with Crippen molar-refractivity contribution in [3.05, 3.63) is 64.7 Å². The number of rotatable bonds is 3. The fraction of sp³-hybridized carbons (Fsp3) is 0.440. The average Bonchev–Trinajstić information content (AvgIpc) is 2.68. The van der Waals surface area contributed by atoms with E-state index in [4.69, 9.17) is 5.26 Å². The molecule has 6 rings (SSSR count). The van der Waals surface area contributed by atoms with Crippen LogP contribution in [0.25, 0.3) is 0 Å². The van der Waals surface area contributed by atoms with Gasteiger partial charge in [-0.3, -0.25) is 4.79 Å². The van der Waals surface area contributed by atoms with Gasteiger partial charge in [-0.2, -0.15) is 5.26 Å². The molecule has 0 spiro atoms. The van der Waals surface area contributed by atoms with Crippen molar-refractivity contribution in [3.8, 4) is 6.07 Å². The normalized spacial score (nSPS) is 30.1. The number of nitrogens with one attached hydrogen (secondary N) is 1. The van der Waals surface area contributed by atoms with Gasteiger partial charge in [-0.15, -0.1) is 0 Å². The molecule has 0 unspecified atom stereocenters. The number of carbonyl (C=O) groups is 1. The van der Waals surface area contributed by atoms with Crippen molar-refractivity contribution < 1.29 is 4.79 Å². The Morgan fingerprint density at radius 3 is 2.32 bits per heavy atom. The zero-order valence-electron chi connectivity index (χ0n) is 16.4. The number of nitriles is 1. The first-order valence-electron chi connectivity index (χ1n) is 10.5. The first kappa shape index (κ1) is 17.5. The monoisotopic (exact) mass is 370 g/mol. The van der Waals surface area contributed by atoms with Crippen molar-refractivity contribution in [2.45, 2.75) is 50.9 Å². The highest BCUT2D eigenvalue weighted by Gasteiger charge is 2.51. The zero-order valence-corrected chi connectivity index (χ0v) is 16.4. The van der Waals surface area contributed by atoms with E-state index in [1.165, 1.54) is 44.1 Å². The molecule has 0 aliphatic heterocycles. The minimum atomic E-state index is -0.164. The SMILES string of the molecule is Cc1cc(C23CC4CC(CC(C4)C2)C3)ccc1NC(=O)c1cccc(C#N)c1. The smallest absolute Gasteiger partial charge is 0.255 e. The second-order valence-corrected chi connectivity index (χ2v) is 9.37. The van der Waals surface area contributed by atoms with E-state index >= 15 is 0 Å². The first-order valence-corrected chi connectivity index (χ1v) is 10.5. The first-order chi connectivity index (χ1) is 13.5. The van der Waals surface area contributed by atoms with E-state index in [2.05, 4.69) is 36.5 Å². The van der Waals surface area contributed by atoms with Crippen LogP contribution in [0.15, 0.2) is 42.5 Å². The Morgan fingerprint density at radius 2 is 1.71 bits per heavy atom. The lowest BCUT2D eigenvalue weighted by atomic mass is 9.48. The topological polar surface area (TPSA) is 52.9 Å². The Hall–Kier alpha value is -2.60. The fourth-order valence-corrected chi connectivity index (χ4v) is 6.52. The highest BCUT2D eigenvalue weighted by Crippen LogP contribution is 2.60. The molecule has 0 radical (unpaired) electrons. The van der Waals surface area contributed by atoms with Gasteiger partial charge in [0.25, 0.3) is 5.91 Å². The summed E-state index contributed by atoms with van der Waals surface area (Å²) in [6.07, 6.45) is 8.41. The van der Waals surface area contributed by atoms with Gasteiger partial charge < -0.3 is 5.32 Å². The van der Waals surface area contributed by atoms with Crippen molar-refractivity contribution in [2.75, 3.05) is 5.32 Å². The molecule has 3 heteroatoms. The molecule has 1 amide bonds. The summed E-state index contributed by atoms with van der Waals surface area (Å²) in [6.45, 7) is 2.09. The van der Waals surface area contributed by atoms with E-state index in [0.717, 1.165) is 29.0 Å². The van der Waals surface area contributed by atoms with Gasteiger partial charge in [0, 0.05) is 11.3 Å². The van der Waals surface area contributed by atoms with Crippen molar-refractivity contribution >= 4 is 11.6 Å². The highest BCUT2D eigenvalue weighted by molar-refractivity contribution is 6.04. The summed E-state index contributed by atoms with van der Waals surface area (Å²) in [5, 5.41) is 12.1. The summed E-state index contributed by atoms with van der Waals surface area (Å²) >= 11 is 0. The highest BCUT2D eigenvalue weighted by atomic mass is 16.1.